The monoisotopic (exact) mass is 469 g/mol. The van der Waals surface area contributed by atoms with Crippen molar-refractivity contribution in [1.82, 2.24) is 14.8 Å². The molecular weight excluding hydrogens is 434 g/mol. The fraction of sp³-hybridized carbons (Fsp3) is 0.538. The number of ether oxygens (including phenoxy) is 3. The zero-order chi connectivity index (χ0) is 24.5. The van der Waals surface area contributed by atoms with Crippen molar-refractivity contribution < 1.29 is 23.8 Å². The number of nitrogens with one attached hydrogen (secondary N) is 1. The summed E-state index contributed by atoms with van der Waals surface area (Å²) in [5.41, 5.74) is 3.07. The van der Waals surface area contributed by atoms with Crippen LogP contribution in [0.2, 0.25) is 0 Å². The van der Waals surface area contributed by atoms with Crippen LogP contribution in [0, 0.1) is 19.8 Å². The highest BCUT2D eigenvalue weighted by molar-refractivity contribution is 5.96. The maximum Gasteiger partial charge on any atom is 0.407 e. The van der Waals surface area contributed by atoms with Crippen LogP contribution < -0.4 is 14.8 Å². The molecular formula is C26H35N3O5. The highest BCUT2D eigenvalue weighted by atomic mass is 16.6. The van der Waals surface area contributed by atoms with E-state index in [-0.39, 0.29) is 5.91 Å². The van der Waals surface area contributed by atoms with Gasteiger partial charge in [0.25, 0.3) is 5.91 Å². The third kappa shape index (κ3) is 5.32. The summed E-state index contributed by atoms with van der Waals surface area (Å²) in [4.78, 5) is 27.2. The van der Waals surface area contributed by atoms with E-state index in [2.05, 4.69) is 9.88 Å². The molecule has 1 N–H and O–H groups in total. The summed E-state index contributed by atoms with van der Waals surface area (Å²) in [7, 11) is 0. The Morgan fingerprint density at radius 2 is 1.74 bits per heavy atom. The van der Waals surface area contributed by atoms with E-state index in [4.69, 9.17) is 14.2 Å². The van der Waals surface area contributed by atoms with Crippen molar-refractivity contribution in [2.45, 2.75) is 53.1 Å². The van der Waals surface area contributed by atoms with Crippen LogP contribution in [0.1, 0.15) is 55.4 Å². The molecule has 0 unspecified atom stereocenters. The second-order valence-electron chi connectivity index (χ2n) is 10.1. The molecule has 1 saturated heterocycles. The van der Waals surface area contributed by atoms with Crippen LogP contribution in [-0.2, 0) is 4.74 Å². The zero-order valence-electron chi connectivity index (χ0n) is 20.8. The Morgan fingerprint density at radius 1 is 1.06 bits per heavy atom. The number of carbonyl (C=O) groups is 2. The first-order chi connectivity index (χ1) is 16.1. The maximum absolute atomic E-state index is 13.4. The molecule has 2 aliphatic heterocycles. The molecule has 2 aliphatic rings. The summed E-state index contributed by atoms with van der Waals surface area (Å²) >= 11 is 0. The molecule has 0 atom stereocenters. The van der Waals surface area contributed by atoms with Gasteiger partial charge in [-0.05, 0) is 71.6 Å². The van der Waals surface area contributed by atoms with Crippen molar-refractivity contribution >= 4 is 12.0 Å². The van der Waals surface area contributed by atoms with Gasteiger partial charge in [-0.25, -0.2) is 4.79 Å². The van der Waals surface area contributed by atoms with E-state index in [1.54, 1.807) is 0 Å². The molecule has 2 amide bonds. The van der Waals surface area contributed by atoms with Crippen LogP contribution in [0.3, 0.4) is 0 Å². The van der Waals surface area contributed by atoms with E-state index in [9.17, 15) is 9.59 Å². The van der Waals surface area contributed by atoms with E-state index >= 15 is 0 Å². The number of benzene rings is 1. The Bertz CT molecular complexity index is 1060. The molecule has 1 fully saturated rings. The molecule has 34 heavy (non-hydrogen) atoms. The first-order valence-electron chi connectivity index (χ1n) is 12.0. The fourth-order valence-corrected chi connectivity index (χ4v) is 4.60. The summed E-state index contributed by atoms with van der Waals surface area (Å²) in [5.74, 6) is 1.86. The van der Waals surface area contributed by atoms with Gasteiger partial charge in [-0.15, -0.1) is 0 Å². The van der Waals surface area contributed by atoms with Gasteiger partial charge in [-0.3, -0.25) is 4.79 Å². The lowest BCUT2D eigenvalue weighted by Gasteiger charge is -2.32. The molecule has 184 valence electrons. The molecule has 2 aromatic rings. The molecule has 0 spiro atoms. The van der Waals surface area contributed by atoms with Gasteiger partial charge in [-0.2, -0.15) is 0 Å². The van der Waals surface area contributed by atoms with Gasteiger partial charge in [-0.1, -0.05) is 0 Å². The number of amides is 2. The third-order valence-electron chi connectivity index (χ3n) is 6.28. The van der Waals surface area contributed by atoms with E-state index in [0.29, 0.717) is 38.8 Å². The standard InChI is InChI=1S/C26H35N3O5/c1-17-14-21(18(2)29(17)20-6-7-22-23(15-20)33-13-12-32-22)24(30)28-10-8-19(9-11-28)16-27-25(31)34-26(3,4)5/h6-7,14-15,19H,8-13,16H2,1-5H3,(H,27,31). The van der Waals surface area contributed by atoms with Crippen LogP contribution in [0.25, 0.3) is 5.69 Å². The Morgan fingerprint density at radius 3 is 2.41 bits per heavy atom. The summed E-state index contributed by atoms with van der Waals surface area (Å²) in [6, 6.07) is 7.84. The van der Waals surface area contributed by atoms with Gasteiger partial charge in [0, 0.05) is 42.8 Å². The van der Waals surface area contributed by atoms with Crippen LogP contribution in [0.5, 0.6) is 11.5 Å². The van der Waals surface area contributed by atoms with Gasteiger partial charge in [0.1, 0.15) is 18.8 Å². The number of hydrogen-bond acceptors (Lipinski definition) is 5. The van der Waals surface area contributed by atoms with Gasteiger partial charge in [0.2, 0.25) is 0 Å². The highest BCUT2D eigenvalue weighted by Gasteiger charge is 2.27. The van der Waals surface area contributed by atoms with E-state index in [1.807, 2.05) is 63.8 Å². The molecule has 0 radical (unpaired) electrons. The van der Waals surface area contributed by atoms with Crippen molar-refractivity contribution in [3.8, 4) is 17.2 Å². The number of alkyl carbamates (subject to hydrolysis) is 1. The zero-order valence-corrected chi connectivity index (χ0v) is 20.8. The van der Waals surface area contributed by atoms with Crippen LogP contribution in [-0.4, -0.2) is 59.9 Å². The smallest absolute Gasteiger partial charge is 0.407 e. The van der Waals surface area contributed by atoms with Crippen LogP contribution in [0.15, 0.2) is 24.3 Å². The SMILES string of the molecule is Cc1cc(C(=O)N2CCC(CNC(=O)OC(C)(C)C)CC2)c(C)n1-c1ccc2c(c1)OCCO2. The molecule has 8 nitrogen and oxygen atoms in total. The molecule has 8 heteroatoms. The summed E-state index contributed by atoms with van der Waals surface area (Å²) in [6.45, 7) is 12.5. The third-order valence-corrected chi connectivity index (χ3v) is 6.28. The Labute approximate surface area is 201 Å². The molecule has 1 aromatic carbocycles. The molecule has 0 saturated carbocycles. The van der Waals surface area contributed by atoms with Gasteiger partial charge < -0.3 is 29.0 Å². The number of likely N-dealkylation sites (tertiary alicyclic amines) is 1. The van der Waals surface area contributed by atoms with E-state index in [0.717, 1.165) is 47.0 Å². The van der Waals surface area contributed by atoms with Crippen molar-refractivity contribution in [3.05, 3.63) is 41.2 Å². The number of fused-ring (bicyclic) bond motifs is 1. The molecule has 0 bridgehead atoms. The van der Waals surface area contributed by atoms with E-state index < -0.39 is 11.7 Å². The predicted octanol–water partition coefficient (Wildman–Crippen LogP) is 4.24. The predicted molar refractivity (Wildman–Crippen MR) is 129 cm³/mol. The quantitative estimate of drug-likeness (QED) is 0.724. The number of carbonyl (C=O) groups excluding carboxylic acids is 2. The number of aromatic nitrogens is 1. The van der Waals surface area contributed by atoms with Crippen molar-refractivity contribution in [3.63, 3.8) is 0 Å². The van der Waals surface area contributed by atoms with Gasteiger partial charge in [0.05, 0.1) is 5.56 Å². The maximum atomic E-state index is 13.4. The second-order valence-corrected chi connectivity index (χ2v) is 10.1. The minimum absolute atomic E-state index is 0.0513. The average Bonchev–Trinajstić information content (AvgIpc) is 3.10. The van der Waals surface area contributed by atoms with E-state index in [1.165, 1.54) is 0 Å². The Balaban J connectivity index is 1.39. The normalized spacial score (nSPS) is 16.3. The number of rotatable bonds is 4. The Kier molecular flexibility index (Phi) is 6.77. The minimum Gasteiger partial charge on any atom is -0.486 e. The average molecular weight is 470 g/mol. The van der Waals surface area contributed by atoms with Gasteiger partial charge in [0.15, 0.2) is 11.5 Å². The van der Waals surface area contributed by atoms with Crippen molar-refractivity contribution in [1.29, 1.82) is 0 Å². The molecule has 1 aromatic heterocycles. The molecule has 4 rings (SSSR count). The number of aryl methyl sites for hydroxylation is 1. The highest BCUT2D eigenvalue weighted by Crippen LogP contribution is 2.34. The largest absolute Gasteiger partial charge is 0.486 e. The number of hydrogen-bond donors (Lipinski definition) is 1. The first-order valence-corrected chi connectivity index (χ1v) is 12.0. The lowest BCUT2D eigenvalue weighted by molar-refractivity contribution is 0.0500. The van der Waals surface area contributed by atoms with Gasteiger partial charge >= 0.3 is 6.09 Å². The number of nitrogens with zero attached hydrogens (tertiary/aromatic N) is 2. The van der Waals surface area contributed by atoms with Crippen LogP contribution in [0.4, 0.5) is 4.79 Å². The lowest BCUT2D eigenvalue weighted by atomic mass is 9.96. The molecule has 0 aliphatic carbocycles. The van der Waals surface area contributed by atoms with Crippen molar-refractivity contribution in [2.24, 2.45) is 5.92 Å². The summed E-state index contributed by atoms with van der Waals surface area (Å²) in [5, 5.41) is 2.86. The molecule has 3 heterocycles. The topological polar surface area (TPSA) is 82.0 Å². The van der Waals surface area contributed by atoms with Crippen LogP contribution >= 0.6 is 0 Å². The minimum atomic E-state index is -0.508. The second kappa shape index (κ2) is 9.60. The number of piperidine rings is 1. The van der Waals surface area contributed by atoms with Crippen molar-refractivity contribution in [2.75, 3.05) is 32.8 Å². The summed E-state index contributed by atoms with van der Waals surface area (Å²) < 4.78 is 18.8. The fourth-order valence-electron chi connectivity index (χ4n) is 4.60. The lowest BCUT2D eigenvalue weighted by Crippen LogP contribution is -2.42. The Hall–Kier alpha value is -3.16. The first kappa shape index (κ1) is 24.0. The summed E-state index contributed by atoms with van der Waals surface area (Å²) in [6.07, 6.45) is 1.31.